The Labute approximate surface area is 63.2 Å². The van der Waals surface area contributed by atoms with Crippen molar-refractivity contribution in [1.82, 2.24) is 0 Å². The first-order valence-corrected chi connectivity index (χ1v) is 3.51. The fourth-order valence-corrected chi connectivity index (χ4v) is 1.38. The third-order valence-electron chi connectivity index (χ3n) is 2.09. The zero-order chi connectivity index (χ0) is 8.01. The molecule has 2 heterocycles. The van der Waals surface area contributed by atoms with Crippen LogP contribution in [0.2, 0.25) is 0 Å². The Hall–Kier alpha value is -0.200. The molecule has 0 aliphatic carbocycles. The van der Waals surface area contributed by atoms with Crippen LogP contribution in [0.1, 0.15) is 0 Å². The summed E-state index contributed by atoms with van der Waals surface area (Å²) in [6, 6.07) is 0. The zero-order valence-corrected chi connectivity index (χ0v) is 5.75. The summed E-state index contributed by atoms with van der Waals surface area (Å²) in [5.41, 5.74) is 0. The van der Waals surface area contributed by atoms with E-state index in [1.54, 1.807) is 0 Å². The molecule has 2 saturated heterocycles. The first-order chi connectivity index (χ1) is 5.20. The molecule has 64 valence electrons. The van der Waals surface area contributed by atoms with Crippen LogP contribution < -0.4 is 0 Å². The molecule has 5 nitrogen and oxygen atoms in total. The maximum absolute atomic E-state index is 9.22. The van der Waals surface area contributed by atoms with Crippen molar-refractivity contribution in [3.8, 4) is 0 Å². The molecule has 5 atom stereocenters. The number of aliphatic hydroxyl groups excluding tert-OH is 3. The molecule has 3 N–H and O–H groups in total. The van der Waals surface area contributed by atoms with E-state index >= 15 is 0 Å². The Balaban J connectivity index is 2.16. The Bertz CT molecular complexity index is 141. The van der Waals surface area contributed by atoms with E-state index in [4.69, 9.17) is 14.6 Å². The van der Waals surface area contributed by atoms with Gasteiger partial charge in [0.2, 0.25) is 0 Å². The van der Waals surface area contributed by atoms with Gasteiger partial charge in [0.05, 0.1) is 6.61 Å². The largest absolute Gasteiger partial charge is 0.387 e. The van der Waals surface area contributed by atoms with Crippen molar-refractivity contribution in [2.75, 3.05) is 6.61 Å². The van der Waals surface area contributed by atoms with Crippen molar-refractivity contribution >= 4 is 0 Å². The molecule has 0 saturated carbocycles. The molecule has 2 aliphatic heterocycles. The topological polar surface area (TPSA) is 79.2 Å². The van der Waals surface area contributed by atoms with Gasteiger partial charge in [-0.15, -0.1) is 0 Å². The van der Waals surface area contributed by atoms with Crippen molar-refractivity contribution in [2.45, 2.75) is 30.7 Å². The maximum atomic E-state index is 9.22. The minimum absolute atomic E-state index is 0.236. The van der Waals surface area contributed by atoms with E-state index in [2.05, 4.69) is 0 Å². The molecule has 2 aliphatic rings. The van der Waals surface area contributed by atoms with Crippen LogP contribution in [0.25, 0.3) is 0 Å². The lowest BCUT2D eigenvalue weighted by atomic mass is 11.0. The highest BCUT2D eigenvalue weighted by atomic mass is 16.9. The minimum atomic E-state index is -1.15. The van der Waals surface area contributed by atoms with Gasteiger partial charge in [-0.1, -0.05) is 0 Å². The van der Waals surface area contributed by atoms with Crippen molar-refractivity contribution in [3.63, 3.8) is 0 Å². The molecule has 0 aromatic carbocycles. The number of fused-ring (bicyclic) bond motifs is 2. The van der Waals surface area contributed by atoms with E-state index in [1.807, 2.05) is 0 Å². The average Bonchev–Trinajstić information content (AvgIpc) is 2.44. The number of hydrogen-bond donors (Lipinski definition) is 3. The molecular formula is C6H10O5. The van der Waals surface area contributed by atoms with E-state index in [9.17, 15) is 10.2 Å². The summed E-state index contributed by atoms with van der Waals surface area (Å²) in [7, 11) is 0. The van der Waals surface area contributed by atoms with E-state index < -0.39 is 30.7 Å². The average molecular weight is 168 g/mol. The smallest absolute Gasteiger partial charge is 0.186 e. The van der Waals surface area contributed by atoms with Crippen LogP contribution in [0.15, 0.2) is 0 Å². The van der Waals surface area contributed by atoms with Crippen LogP contribution in [0, 0.1) is 0 Å². The molecule has 5 heteroatoms. The maximum Gasteiger partial charge on any atom is 0.186 e. The summed E-state index contributed by atoms with van der Waals surface area (Å²) in [5, 5.41) is 27.6. The summed E-state index contributed by atoms with van der Waals surface area (Å²) in [6.45, 7) is 0.236. The quantitative estimate of drug-likeness (QED) is 0.358. The van der Waals surface area contributed by atoms with Crippen LogP contribution in [-0.2, 0) is 9.47 Å². The third-order valence-corrected chi connectivity index (χ3v) is 2.09. The fourth-order valence-electron chi connectivity index (χ4n) is 1.38. The summed E-state index contributed by atoms with van der Waals surface area (Å²) < 4.78 is 9.95. The first kappa shape index (κ1) is 7.45. The molecule has 0 aromatic heterocycles. The van der Waals surface area contributed by atoms with Crippen LogP contribution in [0.5, 0.6) is 0 Å². The van der Waals surface area contributed by atoms with Crippen LogP contribution in [0.4, 0.5) is 0 Å². The Morgan fingerprint density at radius 2 is 1.73 bits per heavy atom. The predicted molar refractivity (Wildman–Crippen MR) is 32.6 cm³/mol. The second kappa shape index (κ2) is 2.40. The van der Waals surface area contributed by atoms with Crippen LogP contribution in [-0.4, -0.2) is 52.6 Å². The lowest BCUT2D eigenvalue weighted by Crippen LogP contribution is -2.53. The van der Waals surface area contributed by atoms with Gasteiger partial charge < -0.3 is 24.8 Å². The lowest BCUT2D eigenvalue weighted by molar-refractivity contribution is -0.228. The molecule has 0 aromatic rings. The number of hydrogen-bond acceptors (Lipinski definition) is 5. The normalized spacial score (nSPS) is 56.5. The van der Waals surface area contributed by atoms with E-state index in [0.717, 1.165) is 0 Å². The Kier molecular flexibility index (Phi) is 1.62. The van der Waals surface area contributed by atoms with Gasteiger partial charge in [-0.3, -0.25) is 0 Å². The van der Waals surface area contributed by atoms with Crippen LogP contribution in [0.3, 0.4) is 0 Å². The molecule has 0 amide bonds. The SMILES string of the molecule is O[13CH]1[13C@H]2[13CH2]O[13C@H](O2)[13C@H](O)[13C@H]1O. The molecule has 1 unspecified atom stereocenters. The lowest BCUT2D eigenvalue weighted by Gasteiger charge is -2.32. The highest BCUT2D eigenvalue weighted by Gasteiger charge is 2.48. The van der Waals surface area contributed by atoms with Crippen molar-refractivity contribution in [1.29, 1.82) is 0 Å². The van der Waals surface area contributed by atoms with Gasteiger partial charge in [0.1, 0.15) is 24.4 Å². The fraction of sp³-hybridized carbons (Fsp3) is 1.00. The van der Waals surface area contributed by atoms with Crippen molar-refractivity contribution < 1.29 is 24.8 Å². The predicted octanol–water partition coefficient (Wildman–Crippen LogP) is -2.18. The Morgan fingerprint density at radius 1 is 1.00 bits per heavy atom. The zero-order valence-electron chi connectivity index (χ0n) is 5.75. The molecule has 2 bridgehead atoms. The van der Waals surface area contributed by atoms with Crippen LogP contribution >= 0.6 is 0 Å². The van der Waals surface area contributed by atoms with Gasteiger partial charge in [0, 0.05) is 0 Å². The summed E-state index contributed by atoms with van der Waals surface area (Å²) in [6.07, 6.45) is -4.58. The summed E-state index contributed by atoms with van der Waals surface area (Å²) >= 11 is 0. The molecule has 11 heavy (non-hydrogen) atoms. The van der Waals surface area contributed by atoms with Crippen molar-refractivity contribution in [2.24, 2.45) is 0 Å². The van der Waals surface area contributed by atoms with Gasteiger partial charge >= 0.3 is 0 Å². The molecule has 0 radical (unpaired) electrons. The molecule has 0 spiro atoms. The number of aliphatic hydroxyl groups is 3. The summed E-state index contributed by atoms with van der Waals surface area (Å²) in [5.74, 6) is 0. The van der Waals surface area contributed by atoms with Gasteiger partial charge in [0.15, 0.2) is 6.29 Å². The second-order valence-electron chi connectivity index (χ2n) is 2.85. The van der Waals surface area contributed by atoms with E-state index in [-0.39, 0.29) is 6.61 Å². The first-order valence-electron chi connectivity index (χ1n) is 3.51. The monoisotopic (exact) mass is 168 g/mol. The molecular weight excluding hydrogens is 158 g/mol. The number of rotatable bonds is 0. The van der Waals surface area contributed by atoms with Gasteiger partial charge in [-0.05, 0) is 0 Å². The molecule has 2 fully saturated rings. The summed E-state index contributed by atoms with van der Waals surface area (Å²) in [4.78, 5) is 0. The van der Waals surface area contributed by atoms with Gasteiger partial charge in [0.25, 0.3) is 0 Å². The third kappa shape index (κ3) is 0.969. The highest BCUT2D eigenvalue weighted by molar-refractivity contribution is 4.92. The Morgan fingerprint density at radius 3 is 2.45 bits per heavy atom. The standard InChI is InChI=1S/C6H10O5/c7-3-2-1-10-6(11-2)5(9)4(3)8/h2-9H,1H2/t2-,3?,4+,5-,6-/m1/s1/i1+1,2+1,3+1,4+1,5+1,6+1. The van der Waals surface area contributed by atoms with E-state index in [0.29, 0.717) is 0 Å². The van der Waals surface area contributed by atoms with Gasteiger partial charge in [-0.25, -0.2) is 0 Å². The van der Waals surface area contributed by atoms with Gasteiger partial charge in [-0.2, -0.15) is 0 Å². The molecule has 2 rings (SSSR count). The minimum Gasteiger partial charge on any atom is -0.387 e. The number of ether oxygens (including phenoxy) is 2. The van der Waals surface area contributed by atoms with Crippen molar-refractivity contribution in [3.05, 3.63) is 0 Å². The van der Waals surface area contributed by atoms with E-state index in [1.165, 1.54) is 0 Å². The highest BCUT2D eigenvalue weighted by Crippen LogP contribution is 2.27. The second-order valence-corrected chi connectivity index (χ2v) is 2.85.